The molecule has 0 N–H and O–H groups in total. The first-order valence-electron chi connectivity index (χ1n) is 2.73. The molecule has 4 heteroatoms. The van der Waals surface area contributed by atoms with E-state index in [0.717, 1.165) is 0 Å². The second-order valence-corrected chi connectivity index (χ2v) is 23.7. The first-order valence-corrected chi connectivity index (χ1v) is 11.5. The number of benzene rings is 1. The van der Waals surface area contributed by atoms with E-state index in [4.69, 9.17) is 0 Å². The first kappa shape index (κ1) is 9.18. The summed E-state index contributed by atoms with van der Waals surface area (Å²) in [6, 6.07) is 10.2. The van der Waals surface area contributed by atoms with Gasteiger partial charge in [0.1, 0.15) is 0 Å². The van der Waals surface area contributed by atoms with Crippen LogP contribution in [0.15, 0.2) is 30.3 Å². The fourth-order valence-electron chi connectivity index (χ4n) is 0.627. The van der Waals surface area contributed by atoms with Crippen LogP contribution < -0.4 is 5.30 Å². The van der Waals surface area contributed by atoms with Crippen LogP contribution in [0.4, 0.5) is 0 Å². The third-order valence-corrected chi connectivity index (χ3v) is 6.21. The van der Waals surface area contributed by atoms with Gasteiger partial charge in [-0.3, -0.25) is 0 Å². The fourth-order valence-corrected chi connectivity index (χ4v) is 3.58. The average molecular weight is 349 g/mol. The van der Waals surface area contributed by atoms with Gasteiger partial charge in [0.25, 0.3) is 0 Å². The van der Waals surface area contributed by atoms with Gasteiger partial charge in [-0.1, -0.05) is 0 Å². The molecule has 0 aliphatic rings. The normalized spacial score (nSPS) is 13.1. The van der Waals surface area contributed by atoms with Gasteiger partial charge >= 0.3 is 85.5 Å². The molecular weight excluding hydrogens is 343 g/mol. The monoisotopic (exact) mass is 346 g/mol. The second kappa shape index (κ2) is 3.66. The molecule has 0 aliphatic heterocycles. The summed E-state index contributed by atoms with van der Waals surface area (Å²) in [6.07, 6.45) is 0. The van der Waals surface area contributed by atoms with Crippen molar-refractivity contribution >= 4 is 55.1 Å². The second-order valence-electron chi connectivity index (χ2n) is 1.86. The van der Waals surface area contributed by atoms with E-state index < -0.39 is 3.37 Å². The summed E-state index contributed by atoms with van der Waals surface area (Å²) in [6.45, 7) is 0. The van der Waals surface area contributed by atoms with Crippen molar-refractivity contribution in [3.63, 3.8) is 0 Å². The van der Waals surface area contributed by atoms with Crippen LogP contribution in [0.5, 0.6) is 0 Å². The number of hydrogen-bond donors (Lipinski definition) is 0. The predicted molar refractivity (Wildman–Crippen MR) is 61.2 cm³/mol. The Morgan fingerprint density at radius 3 is 1.70 bits per heavy atom. The minimum atomic E-state index is -1.60. The van der Waals surface area contributed by atoms with Crippen molar-refractivity contribution in [3.05, 3.63) is 30.3 Å². The number of hydrogen-bond acceptors (Lipinski definition) is 0. The topological polar surface area (TPSA) is 0 Å². The molecule has 0 heterocycles. The van der Waals surface area contributed by atoms with Gasteiger partial charge in [0.15, 0.2) is 0 Å². The Hall–Kier alpha value is 1.09. The van der Waals surface area contributed by atoms with Gasteiger partial charge in [0, 0.05) is 0 Å². The molecule has 0 saturated heterocycles. The molecular formula is C6H6Br3P. The summed E-state index contributed by atoms with van der Waals surface area (Å²) in [5, 5.41) is 1.29. The van der Waals surface area contributed by atoms with Crippen LogP contribution in [0.25, 0.3) is 0 Å². The Kier molecular flexibility index (Phi) is 3.36. The van der Waals surface area contributed by atoms with Gasteiger partial charge in [-0.15, -0.1) is 0 Å². The molecule has 0 fully saturated rings. The maximum absolute atomic E-state index is 3.56. The van der Waals surface area contributed by atoms with Crippen molar-refractivity contribution < 1.29 is 0 Å². The molecule has 0 bridgehead atoms. The Balaban J connectivity index is 2.97. The zero-order valence-electron chi connectivity index (χ0n) is 5.02. The van der Waals surface area contributed by atoms with Crippen molar-refractivity contribution in [3.8, 4) is 0 Å². The van der Waals surface area contributed by atoms with Crippen LogP contribution >= 0.6 is 49.8 Å². The third kappa shape index (κ3) is 2.61. The molecule has 0 atom stereocenters. The number of rotatable bonds is 1. The van der Waals surface area contributed by atoms with Gasteiger partial charge < -0.3 is 0 Å². The van der Waals surface area contributed by atoms with Crippen LogP contribution in [0.3, 0.4) is 0 Å². The molecule has 0 amide bonds. The van der Waals surface area contributed by atoms with Crippen molar-refractivity contribution in [2.24, 2.45) is 0 Å². The maximum atomic E-state index is 3.56. The standard InChI is InChI=1S/C6H6Br3P/c7-10(8,9)6-4-2-1-3-5-6/h1-5,10H. The number of halogens is 3. The Labute approximate surface area is 85.0 Å². The van der Waals surface area contributed by atoms with Crippen LogP contribution in [-0.2, 0) is 0 Å². The summed E-state index contributed by atoms with van der Waals surface area (Å²) < 4.78 is -1.60. The van der Waals surface area contributed by atoms with Gasteiger partial charge in [-0.05, 0) is 0 Å². The summed E-state index contributed by atoms with van der Waals surface area (Å²) in [5.41, 5.74) is 0. The van der Waals surface area contributed by atoms with E-state index in [-0.39, 0.29) is 0 Å². The van der Waals surface area contributed by atoms with Crippen LogP contribution in [-0.4, -0.2) is 0 Å². The van der Waals surface area contributed by atoms with Crippen molar-refractivity contribution in [2.45, 2.75) is 0 Å². The van der Waals surface area contributed by atoms with E-state index in [9.17, 15) is 0 Å². The summed E-state index contributed by atoms with van der Waals surface area (Å²) >= 11 is 10.7. The molecule has 0 aliphatic carbocycles. The van der Waals surface area contributed by atoms with E-state index in [1.54, 1.807) is 0 Å². The van der Waals surface area contributed by atoms with Gasteiger partial charge in [-0.2, -0.15) is 0 Å². The van der Waals surface area contributed by atoms with Gasteiger partial charge in [0.05, 0.1) is 0 Å². The fraction of sp³-hybridized carbons (Fsp3) is 0. The van der Waals surface area contributed by atoms with E-state index in [2.05, 4.69) is 58.6 Å². The van der Waals surface area contributed by atoms with Crippen molar-refractivity contribution in [2.75, 3.05) is 0 Å². The van der Waals surface area contributed by atoms with Crippen LogP contribution in [0.1, 0.15) is 0 Å². The van der Waals surface area contributed by atoms with E-state index in [0.29, 0.717) is 0 Å². The SMILES string of the molecule is Br[PH](Br)(Br)c1ccccc1. The molecule has 0 nitrogen and oxygen atoms in total. The molecule has 1 aromatic rings. The molecule has 1 aromatic carbocycles. The van der Waals surface area contributed by atoms with E-state index in [1.165, 1.54) is 5.30 Å². The molecule has 0 unspecified atom stereocenters. The van der Waals surface area contributed by atoms with Crippen LogP contribution in [0.2, 0.25) is 0 Å². The van der Waals surface area contributed by atoms with E-state index >= 15 is 0 Å². The quantitative estimate of drug-likeness (QED) is 0.673. The Morgan fingerprint density at radius 1 is 0.900 bits per heavy atom. The predicted octanol–water partition coefficient (Wildman–Crippen LogP) is 3.99. The molecule has 1 rings (SSSR count). The zero-order chi connectivity index (χ0) is 7.61. The van der Waals surface area contributed by atoms with Crippen molar-refractivity contribution in [1.29, 1.82) is 0 Å². The van der Waals surface area contributed by atoms with Gasteiger partial charge in [-0.25, -0.2) is 0 Å². The molecule has 0 radical (unpaired) electrons. The van der Waals surface area contributed by atoms with Crippen molar-refractivity contribution in [1.82, 2.24) is 0 Å². The third-order valence-electron chi connectivity index (χ3n) is 1.10. The van der Waals surface area contributed by atoms with Gasteiger partial charge in [0.2, 0.25) is 0 Å². The first-order chi connectivity index (χ1) is 4.61. The Morgan fingerprint density at radius 2 is 1.40 bits per heavy atom. The average Bonchev–Trinajstić information content (AvgIpc) is 1.88. The molecule has 0 aromatic heterocycles. The summed E-state index contributed by atoms with van der Waals surface area (Å²) in [4.78, 5) is 0. The van der Waals surface area contributed by atoms with Crippen LogP contribution in [0, 0.1) is 0 Å². The molecule has 56 valence electrons. The molecule has 10 heavy (non-hydrogen) atoms. The summed E-state index contributed by atoms with van der Waals surface area (Å²) in [7, 11) is 0. The minimum absolute atomic E-state index is 1.29. The summed E-state index contributed by atoms with van der Waals surface area (Å²) in [5.74, 6) is 0. The van der Waals surface area contributed by atoms with E-state index in [1.807, 2.05) is 18.2 Å². The molecule has 0 saturated carbocycles. The zero-order valence-corrected chi connectivity index (χ0v) is 10.8. The molecule has 0 spiro atoms. The Bertz CT molecular complexity index is 204.